The minimum Gasteiger partial charge on any atom is -0.243 e. The maximum atomic E-state index is 8.00. The fourth-order valence-electron chi connectivity index (χ4n) is 0.707. The van der Waals surface area contributed by atoms with E-state index in [4.69, 9.17) is 17.1 Å². The molecule has 1 aromatic heterocycles. The van der Waals surface area contributed by atoms with E-state index in [9.17, 15) is 0 Å². The zero-order valence-electron chi connectivity index (χ0n) is 7.18. The van der Waals surface area contributed by atoms with E-state index in [-0.39, 0.29) is 0 Å². The first-order chi connectivity index (χ1) is 6.84. The van der Waals surface area contributed by atoms with Gasteiger partial charge >= 0.3 is 0 Å². The molecule has 0 aromatic carbocycles. The molecule has 0 bridgehead atoms. The first-order valence-electron chi connectivity index (χ1n) is 3.80. The van der Waals surface area contributed by atoms with Crippen LogP contribution in [-0.2, 0) is 0 Å². The van der Waals surface area contributed by atoms with Crippen molar-refractivity contribution in [3.63, 3.8) is 0 Å². The number of nitrogens with zero attached hydrogens (tertiary/aromatic N) is 5. The van der Waals surface area contributed by atoms with Crippen LogP contribution in [0.1, 0.15) is 12.0 Å². The predicted molar refractivity (Wildman–Crippen MR) is 52.6 cm³/mol. The van der Waals surface area contributed by atoms with Crippen LogP contribution in [-0.4, -0.2) is 16.5 Å². The van der Waals surface area contributed by atoms with Crippen LogP contribution in [0.2, 0.25) is 5.15 Å². The SMILES string of the molecule is [N-]=[N+]=NCCC#Cc1cncnc1Cl. The fourth-order valence-corrected chi connectivity index (χ4v) is 0.847. The lowest BCUT2D eigenvalue weighted by atomic mass is 10.3. The Labute approximate surface area is 85.8 Å². The zero-order valence-corrected chi connectivity index (χ0v) is 7.94. The van der Waals surface area contributed by atoms with Gasteiger partial charge in [-0.1, -0.05) is 28.6 Å². The summed E-state index contributed by atoms with van der Waals surface area (Å²) in [5, 5.41) is 3.67. The third-order valence-corrected chi connectivity index (χ3v) is 1.59. The van der Waals surface area contributed by atoms with E-state index in [0.717, 1.165) is 0 Å². The van der Waals surface area contributed by atoms with Crippen LogP contribution in [0, 0.1) is 11.8 Å². The summed E-state index contributed by atoms with van der Waals surface area (Å²) in [6.45, 7) is 0.356. The molecule has 0 saturated heterocycles. The van der Waals surface area contributed by atoms with Gasteiger partial charge in [0.25, 0.3) is 0 Å². The lowest BCUT2D eigenvalue weighted by Crippen LogP contribution is -1.84. The standard InChI is InChI=1S/C8H6ClN5/c9-8-7(5-11-6-12-8)3-1-2-4-13-14-10/h5-6H,2,4H2. The first kappa shape index (κ1) is 10.3. The number of hydrogen-bond acceptors (Lipinski definition) is 3. The number of rotatable bonds is 2. The molecule has 14 heavy (non-hydrogen) atoms. The van der Waals surface area contributed by atoms with Gasteiger partial charge in [0.05, 0.1) is 5.56 Å². The summed E-state index contributed by atoms with van der Waals surface area (Å²) in [4.78, 5) is 10.1. The highest BCUT2D eigenvalue weighted by Crippen LogP contribution is 2.07. The molecule has 0 saturated carbocycles. The highest BCUT2D eigenvalue weighted by atomic mass is 35.5. The average Bonchev–Trinajstić information content (AvgIpc) is 2.20. The topological polar surface area (TPSA) is 74.5 Å². The molecule has 0 aliphatic carbocycles. The Kier molecular flexibility index (Phi) is 4.29. The van der Waals surface area contributed by atoms with E-state index in [1.54, 1.807) is 0 Å². The van der Waals surface area contributed by atoms with Gasteiger partial charge in [0.1, 0.15) is 11.5 Å². The van der Waals surface area contributed by atoms with Gasteiger partial charge < -0.3 is 0 Å². The van der Waals surface area contributed by atoms with Gasteiger partial charge in [-0.3, -0.25) is 0 Å². The maximum Gasteiger partial charge on any atom is 0.148 e. The lowest BCUT2D eigenvalue weighted by Gasteiger charge is -1.90. The van der Waals surface area contributed by atoms with Crippen molar-refractivity contribution in [3.8, 4) is 11.8 Å². The zero-order chi connectivity index (χ0) is 10.2. The molecule has 0 atom stereocenters. The molecule has 0 aliphatic heterocycles. The molecule has 70 valence electrons. The number of halogens is 1. The van der Waals surface area contributed by atoms with Crippen LogP contribution >= 0.6 is 11.6 Å². The summed E-state index contributed by atoms with van der Waals surface area (Å²) in [5.74, 6) is 5.58. The molecular weight excluding hydrogens is 202 g/mol. The second-order valence-corrected chi connectivity index (χ2v) is 2.59. The summed E-state index contributed by atoms with van der Waals surface area (Å²) in [7, 11) is 0. The Morgan fingerprint density at radius 1 is 1.64 bits per heavy atom. The first-order valence-corrected chi connectivity index (χ1v) is 4.17. The monoisotopic (exact) mass is 207 g/mol. The summed E-state index contributed by atoms with van der Waals surface area (Å²) in [6, 6.07) is 0. The largest absolute Gasteiger partial charge is 0.243 e. The molecule has 0 unspecified atom stereocenters. The molecule has 0 aliphatic rings. The quantitative estimate of drug-likeness (QED) is 0.186. The van der Waals surface area contributed by atoms with Gasteiger partial charge in [-0.25, -0.2) is 9.97 Å². The molecular formula is C8H6ClN5. The lowest BCUT2D eigenvalue weighted by molar-refractivity contribution is 1.01. The molecule has 1 rings (SSSR count). The van der Waals surface area contributed by atoms with Crippen molar-refractivity contribution in [2.45, 2.75) is 6.42 Å². The molecule has 1 aromatic rings. The third-order valence-electron chi connectivity index (χ3n) is 1.29. The second-order valence-electron chi connectivity index (χ2n) is 2.23. The van der Waals surface area contributed by atoms with Gasteiger partial charge in [-0.15, -0.1) is 0 Å². The summed E-state index contributed by atoms with van der Waals surface area (Å²) in [6.07, 6.45) is 3.39. The van der Waals surface area contributed by atoms with Gasteiger partial charge in [0.15, 0.2) is 0 Å². The highest BCUT2D eigenvalue weighted by Gasteiger charge is 1.94. The van der Waals surface area contributed by atoms with Crippen molar-refractivity contribution in [1.82, 2.24) is 9.97 Å². The molecule has 1 heterocycles. The molecule has 0 N–H and O–H groups in total. The minimum atomic E-state index is 0.330. The Hall–Kier alpha value is -1.76. The van der Waals surface area contributed by atoms with Gasteiger partial charge in [0.2, 0.25) is 0 Å². The molecule has 5 nitrogen and oxygen atoms in total. The van der Waals surface area contributed by atoms with Crippen LogP contribution in [0.4, 0.5) is 0 Å². The van der Waals surface area contributed by atoms with Gasteiger partial charge in [0, 0.05) is 24.1 Å². The molecule has 0 radical (unpaired) electrons. The van der Waals surface area contributed by atoms with Crippen LogP contribution in [0.5, 0.6) is 0 Å². The fraction of sp³-hybridized carbons (Fsp3) is 0.250. The average molecular weight is 208 g/mol. The van der Waals surface area contributed by atoms with Crippen molar-refractivity contribution in [3.05, 3.63) is 33.7 Å². The smallest absolute Gasteiger partial charge is 0.148 e. The van der Waals surface area contributed by atoms with E-state index in [0.29, 0.717) is 23.7 Å². The summed E-state index contributed by atoms with van der Waals surface area (Å²) in [5.41, 5.74) is 8.57. The number of azide groups is 1. The van der Waals surface area contributed by atoms with Crippen LogP contribution in [0.3, 0.4) is 0 Å². The second kappa shape index (κ2) is 5.81. The molecule has 0 spiro atoms. The van der Waals surface area contributed by atoms with Crippen molar-refractivity contribution in [2.24, 2.45) is 5.11 Å². The maximum absolute atomic E-state index is 8.00. The van der Waals surface area contributed by atoms with Crippen molar-refractivity contribution in [1.29, 1.82) is 0 Å². The summed E-state index contributed by atoms with van der Waals surface area (Å²) >= 11 is 5.73. The molecule has 0 amide bonds. The van der Waals surface area contributed by atoms with Crippen molar-refractivity contribution >= 4 is 11.6 Å². The van der Waals surface area contributed by atoms with Gasteiger partial charge in [-0.2, -0.15) is 0 Å². The van der Waals surface area contributed by atoms with Crippen LogP contribution in [0.25, 0.3) is 10.4 Å². The summed E-state index contributed by atoms with van der Waals surface area (Å²) < 4.78 is 0. The van der Waals surface area contributed by atoms with E-state index in [2.05, 4.69) is 31.8 Å². The Bertz CT molecular complexity index is 413. The highest BCUT2D eigenvalue weighted by molar-refractivity contribution is 6.30. The van der Waals surface area contributed by atoms with E-state index >= 15 is 0 Å². The number of hydrogen-bond donors (Lipinski definition) is 0. The van der Waals surface area contributed by atoms with Crippen LogP contribution < -0.4 is 0 Å². The van der Waals surface area contributed by atoms with E-state index < -0.39 is 0 Å². The van der Waals surface area contributed by atoms with Gasteiger partial charge in [-0.05, 0) is 5.53 Å². The number of aromatic nitrogens is 2. The normalized spacial score (nSPS) is 8.36. The van der Waals surface area contributed by atoms with E-state index in [1.807, 2.05) is 0 Å². The van der Waals surface area contributed by atoms with Crippen molar-refractivity contribution in [2.75, 3.05) is 6.54 Å². The Morgan fingerprint density at radius 3 is 3.21 bits per heavy atom. The van der Waals surface area contributed by atoms with E-state index in [1.165, 1.54) is 12.5 Å². The third kappa shape index (κ3) is 3.31. The Balaban J connectivity index is 2.59. The van der Waals surface area contributed by atoms with Crippen LogP contribution in [0.15, 0.2) is 17.6 Å². The molecule has 0 fully saturated rings. The minimum absolute atomic E-state index is 0.330. The Morgan fingerprint density at radius 2 is 2.50 bits per heavy atom. The predicted octanol–water partition coefficient (Wildman–Crippen LogP) is 2.18. The van der Waals surface area contributed by atoms with Crippen molar-refractivity contribution < 1.29 is 0 Å². The molecule has 6 heteroatoms.